The number of rotatable bonds is 7. The fourth-order valence-electron chi connectivity index (χ4n) is 4.11. The Morgan fingerprint density at radius 1 is 0.735 bits per heavy atom. The van der Waals surface area contributed by atoms with Crippen LogP contribution in [0.1, 0.15) is 96.4 Å². The molecule has 3 fully saturated rings. The van der Waals surface area contributed by atoms with Crippen LogP contribution in [-0.2, 0) is 85.9 Å². The van der Waals surface area contributed by atoms with E-state index in [9.17, 15) is 62.3 Å². The molecule has 376 valence electrons. The topological polar surface area (TPSA) is 353 Å². The van der Waals surface area contributed by atoms with Crippen LogP contribution in [0.5, 0.6) is 0 Å². The van der Waals surface area contributed by atoms with Crippen molar-refractivity contribution in [2.24, 2.45) is 11.1 Å². The fourth-order valence-corrected chi connectivity index (χ4v) is 4.11. The number of amides is 6. The summed E-state index contributed by atoms with van der Waals surface area (Å²) < 4.78 is 35.9. The second kappa shape index (κ2) is 30.6. The Balaban J connectivity index is 0.000000783. The number of imide groups is 4. The normalized spacial score (nSPS) is 17.5. The van der Waals surface area contributed by atoms with Crippen molar-refractivity contribution in [2.45, 2.75) is 94.2 Å². The number of nitrogens with zero attached hydrogens (tertiary/aromatic N) is 2. The number of hydrogen-bond donors (Lipinski definition) is 2. The average molecular weight is 969 g/mol. The molecule has 3 unspecified atom stereocenters. The number of nitrogens with one attached hydrogen (secondary N) is 1. The van der Waals surface area contributed by atoms with Gasteiger partial charge >= 0.3 is 42.2 Å². The molecule has 3 N–H and O–H groups in total. The zero-order valence-corrected chi connectivity index (χ0v) is 39.1. The van der Waals surface area contributed by atoms with Crippen molar-refractivity contribution in [3.8, 4) is 0 Å². The molecule has 3 atom stereocenters. The van der Waals surface area contributed by atoms with Gasteiger partial charge in [-0.25, -0.2) is 19.3 Å². The van der Waals surface area contributed by atoms with Gasteiger partial charge in [0, 0.05) is 60.2 Å². The fraction of sp³-hybridized carbons (Fsp3) is 0.500. The van der Waals surface area contributed by atoms with E-state index in [1.54, 1.807) is 39.8 Å². The number of carbonyl (C=O) groups is 13. The molecular formula is C42H56N4O22. The van der Waals surface area contributed by atoms with Gasteiger partial charge in [-0.05, 0) is 52.8 Å². The van der Waals surface area contributed by atoms with Crippen LogP contribution < -0.4 is 11.1 Å². The predicted octanol–water partition coefficient (Wildman–Crippen LogP) is 1.34. The molecule has 1 aromatic carbocycles. The third kappa shape index (κ3) is 26.4. The van der Waals surface area contributed by atoms with E-state index >= 15 is 0 Å². The maximum atomic E-state index is 11.6. The van der Waals surface area contributed by atoms with Crippen LogP contribution in [0, 0.1) is 5.41 Å². The molecule has 5 heterocycles. The van der Waals surface area contributed by atoms with E-state index in [1.807, 2.05) is 0 Å². The highest BCUT2D eigenvalue weighted by Gasteiger charge is 2.38. The first-order valence-corrected chi connectivity index (χ1v) is 20.1. The predicted molar refractivity (Wildman–Crippen MR) is 225 cm³/mol. The lowest BCUT2D eigenvalue weighted by atomic mass is 9.97. The number of cyclic esters (lactones) is 4. The number of esters is 4. The van der Waals surface area contributed by atoms with Crippen LogP contribution in [0.3, 0.4) is 0 Å². The Morgan fingerprint density at radius 3 is 1.53 bits per heavy atom. The van der Waals surface area contributed by atoms with Gasteiger partial charge in [0.2, 0.25) is 18.1 Å². The molecule has 3 saturated heterocycles. The molecule has 1 aromatic rings. The van der Waals surface area contributed by atoms with Crippen molar-refractivity contribution >= 4 is 77.6 Å². The Morgan fingerprint density at radius 2 is 1.25 bits per heavy atom. The van der Waals surface area contributed by atoms with E-state index in [-0.39, 0.29) is 48.6 Å². The lowest BCUT2D eigenvalue weighted by Gasteiger charge is -2.13. The molecule has 0 bridgehead atoms. The van der Waals surface area contributed by atoms with Gasteiger partial charge < -0.3 is 53.8 Å². The highest BCUT2D eigenvalue weighted by atomic mass is 16.8. The molecule has 68 heavy (non-hydrogen) atoms. The highest BCUT2D eigenvalue weighted by Crippen LogP contribution is 2.22. The van der Waals surface area contributed by atoms with E-state index in [0.717, 1.165) is 25.5 Å². The minimum absolute atomic E-state index is 0.0125. The number of benzene rings is 1. The molecule has 0 aromatic heterocycles. The molecule has 0 saturated carbocycles. The highest BCUT2D eigenvalue weighted by molar-refractivity contribution is 6.22. The summed E-state index contributed by atoms with van der Waals surface area (Å²) in [6.07, 6.45) is 1.04. The van der Waals surface area contributed by atoms with Crippen LogP contribution in [0.2, 0.25) is 0 Å². The van der Waals surface area contributed by atoms with Crippen LogP contribution in [0.15, 0.2) is 36.4 Å². The second-order valence-electron chi connectivity index (χ2n) is 14.6. The third-order valence-electron chi connectivity index (χ3n) is 7.16. The summed E-state index contributed by atoms with van der Waals surface area (Å²) in [6, 6.07) is 6.31. The van der Waals surface area contributed by atoms with E-state index in [1.165, 1.54) is 46.8 Å². The Bertz CT molecular complexity index is 1990. The SMILES string of the molecule is CC(=O)N1C(=O)C=CC1=O.CC(=O)NCCCN.CC(=O)OC(=O)C(C)(C)C.CC(=O)OC1CO1.CC(=O)OCC1COC(=O)O1.CC(=O)ON1C(=O)c2ccccc2C1=O.CC1COC(=O)O1. The van der Waals surface area contributed by atoms with E-state index in [2.05, 4.69) is 48.0 Å². The summed E-state index contributed by atoms with van der Waals surface area (Å²) in [7, 11) is 0. The lowest BCUT2D eigenvalue weighted by Crippen LogP contribution is -2.34. The maximum Gasteiger partial charge on any atom is 0.508 e. The maximum absolute atomic E-state index is 11.6. The van der Waals surface area contributed by atoms with Crippen molar-refractivity contribution < 1.29 is 105 Å². The first-order valence-electron chi connectivity index (χ1n) is 20.1. The Kier molecular flexibility index (Phi) is 27.1. The molecule has 6 rings (SSSR count). The minimum Gasteiger partial charge on any atom is -0.462 e. The summed E-state index contributed by atoms with van der Waals surface area (Å²) in [5.41, 5.74) is 5.08. The quantitative estimate of drug-likeness (QED) is 0.0972. The second-order valence-corrected chi connectivity index (χ2v) is 14.6. The van der Waals surface area contributed by atoms with Crippen LogP contribution in [0.4, 0.5) is 9.59 Å². The summed E-state index contributed by atoms with van der Waals surface area (Å²) in [6.45, 7) is 17.1. The van der Waals surface area contributed by atoms with Crippen LogP contribution in [0.25, 0.3) is 0 Å². The van der Waals surface area contributed by atoms with Gasteiger partial charge in [-0.2, -0.15) is 0 Å². The first-order chi connectivity index (χ1) is 31.6. The van der Waals surface area contributed by atoms with E-state index in [4.69, 9.17) is 5.73 Å². The molecule has 0 radical (unpaired) electrons. The summed E-state index contributed by atoms with van der Waals surface area (Å²) >= 11 is 0. The number of hydroxylamine groups is 2. The summed E-state index contributed by atoms with van der Waals surface area (Å²) in [4.78, 5) is 143. The number of ether oxygens (including phenoxy) is 8. The van der Waals surface area contributed by atoms with Gasteiger partial charge in [0.15, 0.2) is 6.10 Å². The van der Waals surface area contributed by atoms with Crippen molar-refractivity contribution in [1.29, 1.82) is 0 Å². The minimum atomic E-state index is -0.706. The van der Waals surface area contributed by atoms with Crippen molar-refractivity contribution in [3.63, 3.8) is 0 Å². The molecule has 5 aliphatic heterocycles. The number of fused-ring (bicyclic) bond motifs is 1. The number of epoxide rings is 1. The third-order valence-corrected chi connectivity index (χ3v) is 7.16. The number of nitrogens with two attached hydrogens (primary N) is 1. The van der Waals surface area contributed by atoms with E-state index < -0.39 is 77.2 Å². The molecule has 6 amide bonds. The van der Waals surface area contributed by atoms with Gasteiger partial charge in [0.25, 0.3) is 23.6 Å². The number of hydrogen-bond acceptors (Lipinski definition) is 23. The summed E-state index contributed by atoms with van der Waals surface area (Å²) in [5, 5.41) is 3.11. The van der Waals surface area contributed by atoms with Gasteiger partial charge in [-0.1, -0.05) is 17.2 Å². The average Bonchev–Trinajstić information content (AvgIpc) is 3.49. The molecular weight excluding hydrogens is 912 g/mol. The molecule has 26 nitrogen and oxygen atoms in total. The van der Waals surface area contributed by atoms with Gasteiger partial charge in [0.05, 0.1) is 16.5 Å². The van der Waals surface area contributed by atoms with Crippen molar-refractivity contribution in [1.82, 2.24) is 15.3 Å². The van der Waals surface area contributed by atoms with E-state index in [0.29, 0.717) is 36.3 Å². The largest absolute Gasteiger partial charge is 0.508 e. The zero-order valence-electron chi connectivity index (χ0n) is 39.1. The van der Waals surface area contributed by atoms with Gasteiger partial charge in [0.1, 0.15) is 32.5 Å². The molecule has 0 aliphatic carbocycles. The van der Waals surface area contributed by atoms with Crippen molar-refractivity contribution in [3.05, 3.63) is 47.5 Å². The summed E-state index contributed by atoms with van der Waals surface area (Å²) in [5.74, 6) is -5.27. The van der Waals surface area contributed by atoms with Crippen LogP contribution in [-0.4, -0.2) is 146 Å². The smallest absolute Gasteiger partial charge is 0.462 e. The van der Waals surface area contributed by atoms with Gasteiger partial charge in [-0.3, -0.25) is 47.9 Å². The van der Waals surface area contributed by atoms with Crippen molar-refractivity contribution in [2.75, 3.05) is 39.5 Å². The lowest BCUT2D eigenvalue weighted by molar-refractivity contribution is -0.166. The molecule has 26 heteroatoms. The molecule has 5 aliphatic rings. The Hall–Kier alpha value is -7.61. The molecule has 0 spiro atoms. The van der Waals surface area contributed by atoms with Gasteiger partial charge in [-0.15, -0.1) is 0 Å². The number of carbonyl (C=O) groups excluding carboxylic acids is 13. The van der Waals surface area contributed by atoms with Crippen LogP contribution >= 0.6 is 0 Å². The zero-order chi connectivity index (χ0) is 52.3. The first kappa shape index (κ1) is 60.4. The monoisotopic (exact) mass is 968 g/mol. The Labute approximate surface area is 389 Å². The standard InChI is InChI=1S/C10H7NO4.C7H12O3.C6H5NO3.C6H8O5.C5H12N2O.2C4H6O3/c1-6(12)15-11-9(13)7-4-2-3-5-8(7)10(11)14;1-5(8)10-6(9)7(2,3)4;1-4(8)7-5(9)2-3-6(7)10;1-4(7)9-2-5-3-10-6(8)11-5;1-5(8)7-4-2-3-6;1-3(5)7-4-2-6-4;1-3-2-6-4(5)7-3/h2-5H,1H3;1-4H3;2-3H,1H3;5H,2-3H2,1H3;2-4,6H2,1H3,(H,7,8);4H,2H2,1H3;3H,2H2,1H3.